The number of rotatable bonds is 4. The molecule has 0 bridgehead atoms. The van der Waals surface area contributed by atoms with Crippen molar-refractivity contribution in [3.8, 4) is 0 Å². The zero-order valence-electron chi connectivity index (χ0n) is 9.96. The van der Waals surface area contributed by atoms with Crippen LogP contribution in [0.2, 0.25) is 0 Å². The number of nitrogens with one attached hydrogen (secondary N) is 1. The summed E-state index contributed by atoms with van der Waals surface area (Å²) >= 11 is 0. The number of carbonyl (C=O) groups excluding carboxylic acids is 1. The molecule has 5 atom stereocenters. The fourth-order valence-electron chi connectivity index (χ4n) is 3.24. The smallest absolute Gasteiger partial charge is 0.310 e. The van der Waals surface area contributed by atoms with E-state index < -0.39 is 17.5 Å². The van der Waals surface area contributed by atoms with Crippen LogP contribution in [0.4, 0.5) is 0 Å². The minimum Gasteiger partial charge on any atom is -0.481 e. The van der Waals surface area contributed by atoms with Crippen LogP contribution in [-0.4, -0.2) is 47.4 Å². The van der Waals surface area contributed by atoms with Gasteiger partial charge in [-0.1, -0.05) is 0 Å². The van der Waals surface area contributed by atoms with Crippen LogP contribution in [0.5, 0.6) is 0 Å². The highest BCUT2D eigenvalue weighted by Gasteiger charge is 2.72. The number of hydrogen-bond acceptors (Lipinski definition) is 4. The van der Waals surface area contributed by atoms with Crippen LogP contribution in [0.25, 0.3) is 0 Å². The molecule has 1 saturated heterocycles. The van der Waals surface area contributed by atoms with Crippen molar-refractivity contribution in [1.82, 2.24) is 5.32 Å². The highest BCUT2D eigenvalue weighted by atomic mass is 16.5. The number of carbonyl (C=O) groups is 2. The summed E-state index contributed by atoms with van der Waals surface area (Å²) in [5.74, 6) is -0.865. The Morgan fingerprint density at radius 2 is 2.11 bits per heavy atom. The summed E-state index contributed by atoms with van der Waals surface area (Å²) in [6.45, 7) is 0.716. The molecule has 0 radical (unpaired) electrons. The van der Waals surface area contributed by atoms with Gasteiger partial charge < -0.3 is 20.3 Å². The Balaban J connectivity index is 1.45. The molecule has 3 N–H and O–H groups in total. The maximum absolute atomic E-state index is 11.8. The third-order valence-corrected chi connectivity index (χ3v) is 4.59. The number of carboxylic acid groups (broad SMARTS) is 1. The molecule has 1 heterocycles. The van der Waals surface area contributed by atoms with Gasteiger partial charge in [0, 0.05) is 18.4 Å². The van der Waals surface area contributed by atoms with E-state index in [1.54, 1.807) is 0 Å². The van der Waals surface area contributed by atoms with E-state index in [0.29, 0.717) is 26.1 Å². The third-order valence-electron chi connectivity index (χ3n) is 4.59. The first-order chi connectivity index (χ1) is 8.53. The van der Waals surface area contributed by atoms with Crippen LogP contribution >= 0.6 is 0 Å². The van der Waals surface area contributed by atoms with Gasteiger partial charge in [-0.2, -0.15) is 0 Å². The summed E-state index contributed by atoms with van der Waals surface area (Å²) in [5, 5.41) is 21.4. The van der Waals surface area contributed by atoms with Crippen molar-refractivity contribution in [3.63, 3.8) is 0 Å². The van der Waals surface area contributed by atoms with Gasteiger partial charge in [0.25, 0.3) is 0 Å². The van der Waals surface area contributed by atoms with E-state index in [1.165, 1.54) is 0 Å². The molecule has 3 fully saturated rings. The van der Waals surface area contributed by atoms with Crippen molar-refractivity contribution < 1.29 is 24.5 Å². The number of hydrogen-bond donors (Lipinski definition) is 3. The maximum Gasteiger partial charge on any atom is 0.310 e. The Bertz CT molecular complexity index is 398. The van der Waals surface area contributed by atoms with Crippen molar-refractivity contribution in [3.05, 3.63) is 0 Å². The lowest BCUT2D eigenvalue weighted by Gasteiger charge is -2.32. The molecule has 0 spiro atoms. The normalized spacial score (nSPS) is 44.9. The molecule has 6 heteroatoms. The first-order valence-corrected chi connectivity index (χ1v) is 6.31. The molecule has 0 unspecified atom stereocenters. The number of ether oxygens (including phenoxy) is 1. The molecule has 100 valence electrons. The molecule has 1 aliphatic heterocycles. The second-order valence-corrected chi connectivity index (χ2v) is 5.72. The largest absolute Gasteiger partial charge is 0.481 e. The number of aliphatic hydroxyl groups is 1. The minimum absolute atomic E-state index is 0.00747. The molecule has 3 aliphatic rings. The molecule has 18 heavy (non-hydrogen) atoms. The quantitative estimate of drug-likeness (QED) is 0.621. The molecule has 0 aromatic rings. The van der Waals surface area contributed by atoms with Crippen molar-refractivity contribution >= 4 is 11.9 Å². The van der Waals surface area contributed by atoms with Gasteiger partial charge in [0.2, 0.25) is 5.91 Å². The van der Waals surface area contributed by atoms with Crippen LogP contribution in [0, 0.1) is 17.3 Å². The molecule has 6 nitrogen and oxygen atoms in total. The van der Waals surface area contributed by atoms with Crippen LogP contribution in [0.3, 0.4) is 0 Å². The Labute approximate surface area is 104 Å². The summed E-state index contributed by atoms with van der Waals surface area (Å²) in [6.07, 6.45) is 0.922. The summed E-state index contributed by atoms with van der Waals surface area (Å²) in [6, 6.07) is 0.00747. The van der Waals surface area contributed by atoms with E-state index in [0.717, 1.165) is 0 Å². The van der Waals surface area contributed by atoms with Crippen molar-refractivity contribution in [2.24, 2.45) is 17.3 Å². The van der Waals surface area contributed by atoms with E-state index in [1.807, 2.05) is 0 Å². The van der Waals surface area contributed by atoms with Crippen molar-refractivity contribution in [2.75, 3.05) is 13.2 Å². The van der Waals surface area contributed by atoms with E-state index in [2.05, 4.69) is 5.32 Å². The molecular weight excluding hydrogens is 238 g/mol. The lowest BCUT2D eigenvalue weighted by molar-refractivity contribution is -0.148. The van der Waals surface area contributed by atoms with Gasteiger partial charge in [-0.05, 0) is 18.8 Å². The van der Waals surface area contributed by atoms with E-state index in [-0.39, 0.29) is 30.2 Å². The van der Waals surface area contributed by atoms with Gasteiger partial charge in [0.15, 0.2) is 0 Å². The van der Waals surface area contributed by atoms with Crippen molar-refractivity contribution in [2.45, 2.75) is 31.4 Å². The van der Waals surface area contributed by atoms with Crippen LogP contribution in [-0.2, 0) is 14.3 Å². The SMILES string of the molecule is O=C(C[C@@H]1COC[C@H]1O)N[C@@H]1C[C@@]2(C(=O)O)C[C@@H]12. The van der Waals surface area contributed by atoms with Crippen molar-refractivity contribution in [1.29, 1.82) is 0 Å². The van der Waals surface area contributed by atoms with Gasteiger partial charge in [0.1, 0.15) is 0 Å². The second-order valence-electron chi connectivity index (χ2n) is 5.72. The van der Waals surface area contributed by atoms with E-state index >= 15 is 0 Å². The topological polar surface area (TPSA) is 95.9 Å². The Morgan fingerprint density at radius 3 is 2.61 bits per heavy atom. The lowest BCUT2D eigenvalue weighted by atomic mass is 9.80. The summed E-state index contributed by atoms with van der Waals surface area (Å²) in [7, 11) is 0. The third kappa shape index (κ3) is 1.71. The monoisotopic (exact) mass is 255 g/mol. The van der Waals surface area contributed by atoms with Gasteiger partial charge in [0.05, 0.1) is 24.7 Å². The fourth-order valence-corrected chi connectivity index (χ4v) is 3.24. The zero-order valence-corrected chi connectivity index (χ0v) is 9.96. The molecular formula is C12H17NO5. The Morgan fingerprint density at radius 1 is 1.33 bits per heavy atom. The van der Waals surface area contributed by atoms with Gasteiger partial charge in [-0.15, -0.1) is 0 Å². The molecule has 1 amide bonds. The average molecular weight is 255 g/mol. The first kappa shape index (κ1) is 11.9. The minimum atomic E-state index is -0.738. The number of aliphatic hydroxyl groups excluding tert-OH is 1. The number of carboxylic acids is 1. The number of fused-ring (bicyclic) bond motifs is 1. The summed E-state index contributed by atoms with van der Waals surface area (Å²) in [5.41, 5.74) is -0.534. The predicted molar refractivity (Wildman–Crippen MR) is 59.7 cm³/mol. The second kappa shape index (κ2) is 3.93. The summed E-state index contributed by atoms with van der Waals surface area (Å²) in [4.78, 5) is 22.7. The van der Waals surface area contributed by atoms with Crippen LogP contribution < -0.4 is 5.32 Å². The Kier molecular flexibility index (Phi) is 2.60. The van der Waals surface area contributed by atoms with E-state index in [9.17, 15) is 14.7 Å². The van der Waals surface area contributed by atoms with Crippen LogP contribution in [0.15, 0.2) is 0 Å². The predicted octanol–water partition coefficient (Wildman–Crippen LogP) is -0.637. The van der Waals surface area contributed by atoms with Gasteiger partial charge in [-0.3, -0.25) is 9.59 Å². The van der Waals surface area contributed by atoms with Crippen LogP contribution in [0.1, 0.15) is 19.3 Å². The molecule has 2 saturated carbocycles. The molecule has 2 aliphatic carbocycles. The standard InChI is InChI=1S/C12H17NO5/c14-9-5-18-4-6(9)1-10(15)13-8-3-12(11(16)17)2-7(8)12/h6-9,14H,1-5H2,(H,13,15)(H,16,17)/t6-,7+,8-,9-,12+/m1/s1. The number of amides is 1. The van der Waals surface area contributed by atoms with E-state index in [4.69, 9.17) is 9.84 Å². The molecule has 0 aromatic heterocycles. The highest BCUT2D eigenvalue weighted by Crippen LogP contribution is 2.67. The van der Waals surface area contributed by atoms with Gasteiger partial charge in [-0.25, -0.2) is 0 Å². The fraction of sp³-hybridized carbons (Fsp3) is 0.833. The zero-order chi connectivity index (χ0) is 12.9. The first-order valence-electron chi connectivity index (χ1n) is 6.31. The molecule has 0 aromatic carbocycles. The number of aliphatic carboxylic acids is 1. The average Bonchev–Trinajstić information content (AvgIpc) is 2.73. The Hall–Kier alpha value is -1.14. The highest BCUT2D eigenvalue weighted by molar-refractivity contribution is 5.83. The molecule has 3 rings (SSSR count). The maximum atomic E-state index is 11.8. The lowest BCUT2D eigenvalue weighted by Crippen LogP contribution is -2.48. The van der Waals surface area contributed by atoms with Gasteiger partial charge >= 0.3 is 5.97 Å². The summed E-state index contributed by atoms with van der Waals surface area (Å²) < 4.78 is 5.08.